The molecular formula is C9H12N6S. The van der Waals surface area contributed by atoms with Crippen LogP contribution in [-0.2, 0) is 6.42 Å². The second-order valence-electron chi connectivity index (χ2n) is 3.00. The molecule has 0 saturated carbocycles. The second kappa shape index (κ2) is 4.93. The van der Waals surface area contributed by atoms with E-state index in [1.54, 1.807) is 0 Å². The van der Waals surface area contributed by atoms with Crippen molar-refractivity contribution in [3.63, 3.8) is 0 Å². The lowest BCUT2D eigenvalue weighted by atomic mass is 10.4. The van der Waals surface area contributed by atoms with E-state index in [4.69, 9.17) is 0 Å². The zero-order chi connectivity index (χ0) is 11.4. The predicted molar refractivity (Wildman–Crippen MR) is 61.5 cm³/mol. The van der Waals surface area contributed by atoms with Crippen LogP contribution in [0.25, 0.3) is 0 Å². The minimum absolute atomic E-state index is 0.725. The first kappa shape index (κ1) is 10.9. The number of aryl methyl sites for hydroxylation is 1. The maximum Gasteiger partial charge on any atom is 0.189 e. The van der Waals surface area contributed by atoms with Crippen molar-refractivity contribution in [1.82, 2.24) is 25.1 Å². The van der Waals surface area contributed by atoms with Gasteiger partial charge in [0, 0.05) is 19.5 Å². The molecule has 6 nitrogen and oxygen atoms in total. The third-order valence-electron chi connectivity index (χ3n) is 1.92. The number of aromatic amines is 1. The number of H-pyrrole nitrogens is 1. The summed E-state index contributed by atoms with van der Waals surface area (Å²) in [7, 11) is 1.84. The van der Waals surface area contributed by atoms with Crippen LogP contribution in [0.3, 0.4) is 0 Å². The molecule has 2 aromatic heterocycles. The van der Waals surface area contributed by atoms with Gasteiger partial charge in [-0.3, -0.25) is 5.10 Å². The number of nitrogens with zero attached hydrogens (tertiary/aromatic N) is 4. The van der Waals surface area contributed by atoms with E-state index >= 15 is 0 Å². The third-order valence-corrected chi connectivity index (χ3v) is 2.72. The topological polar surface area (TPSA) is 79.4 Å². The molecule has 0 amide bonds. The normalized spacial score (nSPS) is 10.4. The first-order chi connectivity index (χ1) is 7.81. The van der Waals surface area contributed by atoms with E-state index in [1.165, 1.54) is 18.1 Å². The van der Waals surface area contributed by atoms with Gasteiger partial charge in [0.05, 0.1) is 0 Å². The molecule has 0 aliphatic rings. The minimum Gasteiger partial charge on any atom is -0.373 e. The van der Waals surface area contributed by atoms with Crippen molar-refractivity contribution in [2.75, 3.05) is 12.4 Å². The van der Waals surface area contributed by atoms with Crippen LogP contribution in [0.2, 0.25) is 0 Å². The van der Waals surface area contributed by atoms with Gasteiger partial charge >= 0.3 is 0 Å². The smallest absolute Gasteiger partial charge is 0.189 e. The van der Waals surface area contributed by atoms with Crippen molar-refractivity contribution in [1.29, 1.82) is 0 Å². The first-order valence-electron chi connectivity index (χ1n) is 4.90. The average molecular weight is 236 g/mol. The number of hydrogen-bond acceptors (Lipinski definition) is 6. The van der Waals surface area contributed by atoms with Gasteiger partial charge in [-0.05, 0) is 11.8 Å². The molecule has 0 aromatic carbocycles. The van der Waals surface area contributed by atoms with Gasteiger partial charge in [0.2, 0.25) is 0 Å². The molecule has 0 spiro atoms. The molecule has 84 valence electrons. The Morgan fingerprint density at radius 2 is 2.31 bits per heavy atom. The van der Waals surface area contributed by atoms with Gasteiger partial charge in [0.25, 0.3) is 0 Å². The Kier molecular flexibility index (Phi) is 3.35. The lowest BCUT2D eigenvalue weighted by Crippen LogP contribution is -2.00. The van der Waals surface area contributed by atoms with Crippen molar-refractivity contribution in [3.05, 3.63) is 18.2 Å². The van der Waals surface area contributed by atoms with E-state index in [0.29, 0.717) is 0 Å². The summed E-state index contributed by atoms with van der Waals surface area (Å²) in [5.74, 6) is 1.63. The van der Waals surface area contributed by atoms with Crippen molar-refractivity contribution >= 4 is 17.6 Å². The average Bonchev–Trinajstić information content (AvgIpc) is 2.81. The van der Waals surface area contributed by atoms with Crippen LogP contribution in [-0.4, -0.2) is 32.2 Å². The Hall–Kier alpha value is -1.63. The summed E-state index contributed by atoms with van der Waals surface area (Å²) in [5, 5.41) is 11.2. The van der Waals surface area contributed by atoms with Crippen LogP contribution in [0.5, 0.6) is 0 Å². The highest BCUT2D eigenvalue weighted by Gasteiger charge is 2.05. The molecule has 7 heteroatoms. The van der Waals surface area contributed by atoms with E-state index in [9.17, 15) is 0 Å². The van der Waals surface area contributed by atoms with Gasteiger partial charge in [0.1, 0.15) is 23.0 Å². The summed E-state index contributed by atoms with van der Waals surface area (Å²) >= 11 is 1.43. The lowest BCUT2D eigenvalue weighted by Gasteiger charge is -2.04. The van der Waals surface area contributed by atoms with Crippen LogP contribution < -0.4 is 5.32 Å². The molecule has 0 atom stereocenters. The van der Waals surface area contributed by atoms with Gasteiger partial charge < -0.3 is 5.32 Å². The maximum absolute atomic E-state index is 4.40. The fourth-order valence-electron chi connectivity index (χ4n) is 1.15. The van der Waals surface area contributed by atoms with Crippen LogP contribution in [0.15, 0.2) is 22.6 Å². The maximum atomic E-state index is 4.40. The molecular weight excluding hydrogens is 224 g/mol. The Morgan fingerprint density at radius 1 is 1.44 bits per heavy atom. The fraction of sp³-hybridized carbons (Fsp3) is 0.333. The van der Waals surface area contributed by atoms with Crippen LogP contribution >= 0.6 is 11.8 Å². The molecule has 0 radical (unpaired) electrons. The van der Waals surface area contributed by atoms with Gasteiger partial charge in [-0.25, -0.2) is 15.0 Å². The molecule has 0 aliphatic heterocycles. The summed E-state index contributed by atoms with van der Waals surface area (Å²) in [5.41, 5.74) is 0. The predicted octanol–water partition coefficient (Wildman–Crippen LogP) is 1.35. The molecule has 16 heavy (non-hydrogen) atoms. The monoisotopic (exact) mass is 236 g/mol. The molecule has 0 bridgehead atoms. The number of aromatic nitrogens is 5. The minimum atomic E-state index is 0.725. The highest BCUT2D eigenvalue weighted by molar-refractivity contribution is 7.99. The van der Waals surface area contributed by atoms with Crippen LogP contribution in [0, 0.1) is 0 Å². The molecule has 2 N–H and O–H groups in total. The molecule has 2 heterocycles. The van der Waals surface area contributed by atoms with Crippen molar-refractivity contribution in [3.8, 4) is 0 Å². The Labute approximate surface area is 97.3 Å². The highest BCUT2D eigenvalue weighted by Crippen LogP contribution is 2.23. The zero-order valence-corrected chi connectivity index (χ0v) is 9.88. The van der Waals surface area contributed by atoms with E-state index in [-0.39, 0.29) is 0 Å². The number of anilines is 1. The van der Waals surface area contributed by atoms with E-state index in [0.717, 1.165) is 28.2 Å². The van der Waals surface area contributed by atoms with Gasteiger partial charge in [-0.15, -0.1) is 0 Å². The number of nitrogens with one attached hydrogen (secondary N) is 2. The summed E-state index contributed by atoms with van der Waals surface area (Å²) in [6, 6.07) is 1.88. The third kappa shape index (κ3) is 2.48. The fourth-order valence-corrected chi connectivity index (χ4v) is 1.87. The van der Waals surface area contributed by atoms with E-state index in [1.807, 2.05) is 20.0 Å². The van der Waals surface area contributed by atoms with Crippen LogP contribution in [0.1, 0.15) is 12.7 Å². The Balaban J connectivity index is 2.26. The number of rotatable bonds is 4. The molecule has 0 fully saturated rings. The van der Waals surface area contributed by atoms with Crippen molar-refractivity contribution in [2.24, 2.45) is 0 Å². The number of hydrogen-bond donors (Lipinski definition) is 2. The standard InChI is InChI=1S/C9H12N6S/c1-3-6-13-7(10-2)4-8(14-6)16-9-11-5-12-15-9/h4-5H,3H2,1-2H3,(H,10,13,14)(H,11,12,15). The largest absolute Gasteiger partial charge is 0.373 e. The SMILES string of the molecule is CCc1nc(NC)cc(Sc2ncn[nH]2)n1. The molecule has 0 unspecified atom stereocenters. The summed E-state index contributed by atoms with van der Waals surface area (Å²) in [6.07, 6.45) is 2.28. The van der Waals surface area contributed by atoms with Gasteiger partial charge in [-0.2, -0.15) is 5.10 Å². The quantitative estimate of drug-likeness (QED) is 0.780. The zero-order valence-electron chi connectivity index (χ0n) is 9.06. The lowest BCUT2D eigenvalue weighted by molar-refractivity contribution is 0.886. The first-order valence-corrected chi connectivity index (χ1v) is 5.72. The summed E-state index contributed by atoms with van der Waals surface area (Å²) in [6.45, 7) is 2.03. The molecule has 2 aromatic rings. The molecule has 2 rings (SSSR count). The second-order valence-corrected chi connectivity index (χ2v) is 4.01. The van der Waals surface area contributed by atoms with E-state index in [2.05, 4.69) is 30.5 Å². The Bertz CT molecular complexity index is 433. The molecule has 0 saturated heterocycles. The van der Waals surface area contributed by atoms with Gasteiger partial charge in [0.15, 0.2) is 5.16 Å². The highest BCUT2D eigenvalue weighted by atomic mass is 32.2. The molecule has 0 aliphatic carbocycles. The van der Waals surface area contributed by atoms with Crippen molar-refractivity contribution < 1.29 is 0 Å². The van der Waals surface area contributed by atoms with Gasteiger partial charge in [-0.1, -0.05) is 6.92 Å². The van der Waals surface area contributed by atoms with Crippen molar-refractivity contribution in [2.45, 2.75) is 23.5 Å². The Morgan fingerprint density at radius 3 is 2.94 bits per heavy atom. The van der Waals surface area contributed by atoms with Crippen LogP contribution in [0.4, 0.5) is 5.82 Å². The summed E-state index contributed by atoms with van der Waals surface area (Å²) < 4.78 is 0. The summed E-state index contributed by atoms with van der Waals surface area (Å²) in [4.78, 5) is 12.8. The van der Waals surface area contributed by atoms with E-state index < -0.39 is 0 Å².